The molecule has 2 N–H and O–H groups in total. The molecule has 0 atom stereocenters. The van der Waals surface area contributed by atoms with Gasteiger partial charge in [-0.15, -0.1) is 11.3 Å². The first-order chi connectivity index (χ1) is 9.56. The Bertz CT molecular complexity index is 665. The van der Waals surface area contributed by atoms with Crippen LogP contribution in [0.25, 0.3) is 6.08 Å². The molecule has 6 nitrogen and oxygen atoms in total. The van der Waals surface area contributed by atoms with Gasteiger partial charge in [-0.25, -0.2) is 0 Å². The van der Waals surface area contributed by atoms with E-state index in [2.05, 4.69) is 5.32 Å². The lowest BCUT2D eigenvalue weighted by Gasteiger charge is -2.04. The minimum atomic E-state index is -0.623. The fourth-order valence-electron chi connectivity index (χ4n) is 1.46. The molecule has 0 aliphatic carbocycles. The molecule has 1 heterocycles. The van der Waals surface area contributed by atoms with Gasteiger partial charge in [0.15, 0.2) is 0 Å². The maximum atomic E-state index is 11.6. The Morgan fingerprint density at radius 2 is 2.20 bits per heavy atom. The summed E-state index contributed by atoms with van der Waals surface area (Å²) in [5.41, 5.74) is -0.119. The topological polar surface area (TPSA) is 92.5 Å². The maximum absolute atomic E-state index is 11.6. The Balaban J connectivity index is 2.06. The predicted molar refractivity (Wildman–Crippen MR) is 76.7 cm³/mol. The number of nitro benzene ring substituents is 1. The van der Waals surface area contributed by atoms with Gasteiger partial charge in [0.25, 0.3) is 5.69 Å². The number of benzene rings is 1. The molecule has 7 heteroatoms. The van der Waals surface area contributed by atoms with Crippen molar-refractivity contribution in [1.29, 1.82) is 0 Å². The number of hydrogen-bond acceptors (Lipinski definition) is 5. The van der Waals surface area contributed by atoms with E-state index in [-0.39, 0.29) is 17.1 Å². The molecule has 0 aliphatic heterocycles. The number of aromatic hydroxyl groups is 1. The van der Waals surface area contributed by atoms with Crippen LogP contribution >= 0.6 is 11.3 Å². The van der Waals surface area contributed by atoms with E-state index in [1.807, 2.05) is 17.5 Å². The van der Waals surface area contributed by atoms with Crippen molar-refractivity contribution >= 4 is 34.7 Å². The number of nitrogens with zero attached hydrogens (tertiary/aromatic N) is 1. The molecule has 0 saturated heterocycles. The number of amides is 1. The standard InChI is InChI=1S/C13H10N2O4S/c16-12-8-9(15(18)19)3-5-11(12)14-13(17)6-4-10-2-1-7-20-10/h1-8,16H,(H,14,17)/b6-4+. The summed E-state index contributed by atoms with van der Waals surface area (Å²) in [6.07, 6.45) is 2.97. The molecule has 1 amide bonds. The summed E-state index contributed by atoms with van der Waals surface area (Å²) in [4.78, 5) is 22.5. The molecule has 0 bridgehead atoms. The monoisotopic (exact) mass is 290 g/mol. The van der Waals surface area contributed by atoms with Crippen LogP contribution in [-0.4, -0.2) is 15.9 Å². The van der Waals surface area contributed by atoms with Gasteiger partial charge in [-0.05, 0) is 23.6 Å². The Hall–Kier alpha value is -2.67. The summed E-state index contributed by atoms with van der Waals surface area (Å²) in [5.74, 6) is -0.778. The lowest BCUT2D eigenvalue weighted by Crippen LogP contribution is -2.07. The SMILES string of the molecule is O=C(/C=C/c1cccs1)Nc1ccc([N+](=O)[O-])cc1O. The number of nitro groups is 1. The lowest BCUT2D eigenvalue weighted by atomic mass is 10.2. The smallest absolute Gasteiger partial charge is 0.273 e. The van der Waals surface area contributed by atoms with Gasteiger partial charge in [0.1, 0.15) is 5.75 Å². The summed E-state index contributed by atoms with van der Waals surface area (Å²) in [7, 11) is 0. The van der Waals surface area contributed by atoms with Gasteiger partial charge in [-0.3, -0.25) is 14.9 Å². The van der Waals surface area contributed by atoms with Gasteiger partial charge in [-0.1, -0.05) is 6.07 Å². The highest BCUT2D eigenvalue weighted by Gasteiger charge is 2.10. The zero-order valence-corrected chi connectivity index (χ0v) is 11.0. The molecule has 2 aromatic rings. The number of phenols is 1. The Morgan fingerprint density at radius 3 is 2.80 bits per heavy atom. The summed E-state index contributed by atoms with van der Waals surface area (Å²) in [6, 6.07) is 7.20. The molecule has 1 aromatic carbocycles. The third kappa shape index (κ3) is 3.42. The van der Waals surface area contributed by atoms with Gasteiger partial charge in [0.05, 0.1) is 16.7 Å². The quantitative estimate of drug-likeness (QED) is 0.392. The van der Waals surface area contributed by atoms with Crippen LogP contribution in [0.4, 0.5) is 11.4 Å². The van der Waals surface area contributed by atoms with Crippen molar-refractivity contribution in [3.05, 3.63) is 56.8 Å². The van der Waals surface area contributed by atoms with Crippen LogP contribution < -0.4 is 5.32 Å². The summed E-state index contributed by atoms with van der Waals surface area (Å²) >= 11 is 1.49. The van der Waals surface area contributed by atoms with Crippen LogP contribution in [0, 0.1) is 10.1 Å². The van der Waals surface area contributed by atoms with E-state index < -0.39 is 10.8 Å². The van der Waals surface area contributed by atoms with Crippen molar-refractivity contribution in [2.45, 2.75) is 0 Å². The van der Waals surface area contributed by atoms with Crippen molar-refractivity contribution in [2.75, 3.05) is 5.32 Å². The number of thiophene rings is 1. The number of rotatable bonds is 4. The van der Waals surface area contributed by atoms with Crippen molar-refractivity contribution in [3.63, 3.8) is 0 Å². The van der Waals surface area contributed by atoms with E-state index in [4.69, 9.17) is 0 Å². The fourth-order valence-corrected chi connectivity index (χ4v) is 2.08. The normalized spacial score (nSPS) is 10.6. The van der Waals surface area contributed by atoms with E-state index in [0.717, 1.165) is 10.9 Å². The summed E-state index contributed by atoms with van der Waals surface area (Å²) in [5, 5.41) is 24.5. The minimum Gasteiger partial charge on any atom is -0.506 e. The second kappa shape index (κ2) is 5.98. The van der Waals surface area contributed by atoms with Crippen LogP contribution in [0.1, 0.15) is 4.88 Å². The second-order valence-electron chi connectivity index (χ2n) is 3.80. The fraction of sp³-hybridized carbons (Fsp3) is 0. The number of phenolic OH excluding ortho intramolecular Hbond substituents is 1. The molecular weight excluding hydrogens is 280 g/mol. The second-order valence-corrected chi connectivity index (χ2v) is 4.78. The largest absolute Gasteiger partial charge is 0.506 e. The highest BCUT2D eigenvalue weighted by atomic mass is 32.1. The van der Waals surface area contributed by atoms with Crippen LogP contribution in [0.5, 0.6) is 5.75 Å². The lowest BCUT2D eigenvalue weighted by molar-refractivity contribution is -0.384. The first kappa shape index (κ1) is 13.8. The van der Waals surface area contributed by atoms with Crippen LogP contribution in [0.15, 0.2) is 41.8 Å². The minimum absolute atomic E-state index is 0.122. The van der Waals surface area contributed by atoms with Crippen molar-refractivity contribution in [2.24, 2.45) is 0 Å². The molecule has 102 valence electrons. The van der Waals surface area contributed by atoms with Crippen molar-refractivity contribution in [3.8, 4) is 5.75 Å². The number of nitrogens with one attached hydrogen (secondary N) is 1. The Kier molecular flexibility index (Phi) is 4.11. The third-order valence-corrected chi connectivity index (χ3v) is 3.23. The average molecular weight is 290 g/mol. The van der Waals surface area contributed by atoms with Crippen LogP contribution in [0.3, 0.4) is 0 Å². The Morgan fingerprint density at radius 1 is 1.40 bits per heavy atom. The van der Waals surface area contributed by atoms with Gasteiger partial charge in [0.2, 0.25) is 5.91 Å². The van der Waals surface area contributed by atoms with E-state index in [0.29, 0.717) is 0 Å². The molecule has 2 rings (SSSR count). The molecule has 1 aromatic heterocycles. The molecule has 20 heavy (non-hydrogen) atoms. The molecular formula is C13H10N2O4S. The number of carbonyl (C=O) groups excluding carboxylic acids is 1. The number of non-ortho nitro benzene ring substituents is 1. The van der Waals surface area contributed by atoms with Gasteiger partial charge >= 0.3 is 0 Å². The maximum Gasteiger partial charge on any atom is 0.273 e. The van der Waals surface area contributed by atoms with Crippen molar-refractivity contribution in [1.82, 2.24) is 0 Å². The van der Waals surface area contributed by atoms with E-state index in [1.165, 1.54) is 29.5 Å². The average Bonchev–Trinajstić information content (AvgIpc) is 2.91. The molecule has 0 unspecified atom stereocenters. The summed E-state index contributed by atoms with van der Waals surface area (Å²) < 4.78 is 0. The molecule has 0 radical (unpaired) electrons. The third-order valence-electron chi connectivity index (χ3n) is 2.39. The number of anilines is 1. The Labute approximate surface area is 118 Å². The first-order valence-corrected chi connectivity index (χ1v) is 6.44. The molecule has 0 aliphatic rings. The molecule has 0 spiro atoms. The van der Waals surface area contributed by atoms with Gasteiger partial charge in [-0.2, -0.15) is 0 Å². The predicted octanol–water partition coefficient (Wildman–Crippen LogP) is 3.01. The van der Waals surface area contributed by atoms with Gasteiger partial charge in [0, 0.05) is 17.0 Å². The first-order valence-electron chi connectivity index (χ1n) is 5.56. The van der Waals surface area contributed by atoms with Crippen molar-refractivity contribution < 1.29 is 14.8 Å². The number of hydrogen-bond donors (Lipinski definition) is 2. The molecule has 0 fully saturated rings. The van der Waals surface area contributed by atoms with Crippen LogP contribution in [0.2, 0.25) is 0 Å². The highest BCUT2D eigenvalue weighted by molar-refractivity contribution is 7.10. The van der Waals surface area contributed by atoms with Crippen LogP contribution in [-0.2, 0) is 4.79 Å². The highest BCUT2D eigenvalue weighted by Crippen LogP contribution is 2.27. The van der Waals surface area contributed by atoms with E-state index >= 15 is 0 Å². The summed E-state index contributed by atoms with van der Waals surface area (Å²) in [6.45, 7) is 0. The zero-order chi connectivity index (χ0) is 14.5. The zero-order valence-electron chi connectivity index (χ0n) is 10.1. The van der Waals surface area contributed by atoms with E-state index in [1.54, 1.807) is 6.08 Å². The molecule has 0 saturated carbocycles. The number of carbonyl (C=O) groups is 1. The van der Waals surface area contributed by atoms with E-state index in [9.17, 15) is 20.0 Å². The van der Waals surface area contributed by atoms with Gasteiger partial charge < -0.3 is 10.4 Å².